The highest BCUT2D eigenvalue weighted by Gasteiger charge is 2.16. The van der Waals surface area contributed by atoms with Crippen LogP contribution in [-0.2, 0) is 4.74 Å². The van der Waals surface area contributed by atoms with E-state index in [1.54, 1.807) is 6.92 Å². The zero-order chi connectivity index (χ0) is 15.4. The molecule has 0 aromatic heterocycles. The van der Waals surface area contributed by atoms with E-state index in [9.17, 15) is 13.6 Å². The third-order valence-electron chi connectivity index (χ3n) is 2.68. The molecule has 0 atom stereocenters. The SMILES string of the molecule is CCOC(=O)c1cccc(Oc2ccc(F)cc2F)c1N. The Bertz CT molecular complexity index is 674. The van der Waals surface area contributed by atoms with Crippen LogP contribution in [0.1, 0.15) is 17.3 Å². The van der Waals surface area contributed by atoms with Crippen molar-refractivity contribution in [3.8, 4) is 11.5 Å². The third-order valence-corrected chi connectivity index (χ3v) is 2.68. The maximum Gasteiger partial charge on any atom is 0.340 e. The Kier molecular flexibility index (Phi) is 4.37. The first-order valence-electron chi connectivity index (χ1n) is 6.21. The van der Waals surface area contributed by atoms with Gasteiger partial charge in [0.25, 0.3) is 0 Å². The van der Waals surface area contributed by atoms with E-state index in [4.69, 9.17) is 15.2 Å². The molecule has 0 aliphatic rings. The van der Waals surface area contributed by atoms with Crippen molar-refractivity contribution in [2.24, 2.45) is 0 Å². The molecule has 0 aliphatic carbocycles. The molecule has 2 aromatic carbocycles. The predicted molar refractivity (Wildman–Crippen MR) is 73.2 cm³/mol. The number of carbonyl (C=O) groups excluding carboxylic acids is 1. The lowest BCUT2D eigenvalue weighted by atomic mass is 10.1. The van der Waals surface area contributed by atoms with Gasteiger partial charge in [0.15, 0.2) is 17.3 Å². The van der Waals surface area contributed by atoms with Gasteiger partial charge >= 0.3 is 5.97 Å². The number of esters is 1. The first kappa shape index (κ1) is 14.8. The largest absolute Gasteiger partial charge is 0.462 e. The molecule has 0 amide bonds. The predicted octanol–water partition coefficient (Wildman–Crippen LogP) is 3.52. The van der Waals surface area contributed by atoms with Gasteiger partial charge in [-0.3, -0.25) is 0 Å². The molecule has 2 aromatic rings. The molecule has 2 rings (SSSR count). The summed E-state index contributed by atoms with van der Waals surface area (Å²) in [4.78, 5) is 11.7. The van der Waals surface area contributed by atoms with Crippen molar-refractivity contribution in [3.05, 3.63) is 53.6 Å². The fourth-order valence-corrected chi connectivity index (χ4v) is 1.70. The minimum atomic E-state index is -0.865. The summed E-state index contributed by atoms with van der Waals surface area (Å²) in [6.45, 7) is 1.87. The molecule has 2 N–H and O–H groups in total. The number of hydrogen-bond donors (Lipinski definition) is 1. The van der Waals surface area contributed by atoms with Crippen molar-refractivity contribution in [2.75, 3.05) is 12.3 Å². The van der Waals surface area contributed by atoms with E-state index >= 15 is 0 Å². The second-order valence-corrected chi connectivity index (χ2v) is 4.11. The number of carbonyl (C=O) groups is 1. The molecule has 0 saturated carbocycles. The summed E-state index contributed by atoms with van der Waals surface area (Å²) in [5, 5.41) is 0. The lowest BCUT2D eigenvalue weighted by Gasteiger charge is -2.12. The van der Waals surface area contributed by atoms with Crippen molar-refractivity contribution < 1.29 is 23.0 Å². The Morgan fingerprint density at radius 2 is 1.95 bits per heavy atom. The van der Waals surface area contributed by atoms with Crippen LogP contribution in [0.2, 0.25) is 0 Å². The minimum absolute atomic E-state index is 0.0275. The topological polar surface area (TPSA) is 61.5 Å². The Balaban J connectivity index is 2.32. The highest BCUT2D eigenvalue weighted by Crippen LogP contribution is 2.31. The van der Waals surface area contributed by atoms with E-state index in [1.807, 2.05) is 0 Å². The maximum absolute atomic E-state index is 13.6. The number of nitrogens with two attached hydrogens (primary N) is 1. The molecule has 21 heavy (non-hydrogen) atoms. The molecule has 0 aliphatic heterocycles. The van der Waals surface area contributed by atoms with E-state index in [0.717, 1.165) is 12.1 Å². The van der Waals surface area contributed by atoms with Gasteiger partial charge < -0.3 is 15.2 Å². The molecule has 0 heterocycles. The van der Waals surface area contributed by atoms with Crippen molar-refractivity contribution in [3.63, 3.8) is 0 Å². The van der Waals surface area contributed by atoms with Gasteiger partial charge in [0.1, 0.15) is 5.82 Å². The molecule has 6 heteroatoms. The number of benzene rings is 2. The third kappa shape index (κ3) is 3.28. The summed E-state index contributed by atoms with van der Waals surface area (Å²) in [7, 11) is 0. The number of ether oxygens (including phenoxy) is 2. The van der Waals surface area contributed by atoms with E-state index in [-0.39, 0.29) is 29.4 Å². The Labute approximate surface area is 120 Å². The number of nitrogen functional groups attached to an aromatic ring is 1. The average molecular weight is 293 g/mol. The molecule has 0 unspecified atom stereocenters. The maximum atomic E-state index is 13.6. The monoisotopic (exact) mass is 293 g/mol. The van der Waals surface area contributed by atoms with Crippen molar-refractivity contribution in [1.82, 2.24) is 0 Å². The smallest absolute Gasteiger partial charge is 0.340 e. The van der Waals surface area contributed by atoms with Crippen LogP contribution in [0, 0.1) is 11.6 Å². The summed E-state index contributed by atoms with van der Waals surface area (Å²) in [6.07, 6.45) is 0. The molecular weight excluding hydrogens is 280 g/mol. The first-order chi connectivity index (χ1) is 10.0. The summed E-state index contributed by atoms with van der Waals surface area (Å²) in [5.41, 5.74) is 5.97. The van der Waals surface area contributed by atoms with Crippen LogP contribution in [0.25, 0.3) is 0 Å². The van der Waals surface area contributed by atoms with Gasteiger partial charge in [-0.25, -0.2) is 13.6 Å². The molecule has 0 spiro atoms. The standard InChI is InChI=1S/C15H13F2NO3/c1-2-20-15(19)10-4-3-5-13(14(10)18)21-12-7-6-9(16)8-11(12)17/h3-8H,2,18H2,1H3. The van der Waals surface area contributed by atoms with Crippen molar-refractivity contribution >= 4 is 11.7 Å². The summed E-state index contributed by atoms with van der Waals surface area (Å²) < 4.78 is 36.5. The lowest BCUT2D eigenvalue weighted by molar-refractivity contribution is 0.0527. The molecule has 0 saturated heterocycles. The van der Waals surface area contributed by atoms with Gasteiger partial charge in [0.2, 0.25) is 0 Å². The molecule has 110 valence electrons. The quantitative estimate of drug-likeness (QED) is 0.692. The summed E-state index contributed by atoms with van der Waals surface area (Å²) in [5.74, 6) is -2.28. The first-order valence-corrected chi connectivity index (χ1v) is 6.21. The fourth-order valence-electron chi connectivity index (χ4n) is 1.70. The van der Waals surface area contributed by atoms with Crippen LogP contribution in [0.15, 0.2) is 36.4 Å². The molecule has 4 nitrogen and oxygen atoms in total. The molecule has 0 fully saturated rings. The van der Waals surface area contributed by atoms with E-state index in [1.165, 1.54) is 18.2 Å². The highest BCUT2D eigenvalue weighted by atomic mass is 19.1. The van der Waals surface area contributed by atoms with Crippen LogP contribution in [0.4, 0.5) is 14.5 Å². The van der Waals surface area contributed by atoms with Crippen LogP contribution in [-0.4, -0.2) is 12.6 Å². The second-order valence-electron chi connectivity index (χ2n) is 4.11. The van der Waals surface area contributed by atoms with Crippen molar-refractivity contribution in [2.45, 2.75) is 6.92 Å². The van der Waals surface area contributed by atoms with Crippen LogP contribution >= 0.6 is 0 Å². The Morgan fingerprint density at radius 3 is 2.62 bits per heavy atom. The average Bonchev–Trinajstić information content (AvgIpc) is 2.44. The number of anilines is 1. The summed E-state index contributed by atoms with van der Waals surface area (Å²) in [6, 6.07) is 7.37. The fraction of sp³-hybridized carbons (Fsp3) is 0.133. The second kappa shape index (κ2) is 6.21. The van der Waals surface area contributed by atoms with Gasteiger partial charge in [-0.2, -0.15) is 0 Å². The van der Waals surface area contributed by atoms with Crippen LogP contribution in [0.3, 0.4) is 0 Å². The van der Waals surface area contributed by atoms with Gasteiger partial charge in [-0.05, 0) is 31.2 Å². The Hall–Kier alpha value is -2.63. The Morgan fingerprint density at radius 1 is 1.19 bits per heavy atom. The van der Waals surface area contributed by atoms with Gasteiger partial charge in [-0.1, -0.05) is 6.07 Å². The lowest BCUT2D eigenvalue weighted by Crippen LogP contribution is -2.08. The summed E-state index contributed by atoms with van der Waals surface area (Å²) >= 11 is 0. The van der Waals surface area contributed by atoms with Crippen molar-refractivity contribution in [1.29, 1.82) is 0 Å². The molecular formula is C15H13F2NO3. The van der Waals surface area contributed by atoms with Crippen LogP contribution in [0.5, 0.6) is 11.5 Å². The zero-order valence-electron chi connectivity index (χ0n) is 11.2. The van der Waals surface area contributed by atoms with E-state index in [0.29, 0.717) is 6.07 Å². The van der Waals surface area contributed by atoms with Crippen LogP contribution < -0.4 is 10.5 Å². The highest BCUT2D eigenvalue weighted by molar-refractivity contribution is 5.96. The molecule has 0 bridgehead atoms. The van der Waals surface area contributed by atoms with Gasteiger partial charge in [-0.15, -0.1) is 0 Å². The van der Waals surface area contributed by atoms with E-state index in [2.05, 4.69) is 0 Å². The minimum Gasteiger partial charge on any atom is -0.462 e. The number of rotatable bonds is 4. The number of para-hydroxylation sites is 1. The van der Waals surface area contributed by atoms with Gasteiger partial charge in [0.05, 0.1) is 17.9 Å². The molecule has 0 radical (unpaired) electrons. The normalized spacial score (nSPS) is 10.2. The number of halogens is 2. The van der Waals surface area contributed by atoms with Gasteiger partial charge in [0, 0.05) is 6.07 Å². The number of hydrogen-bond acceptors (Lipinski definition) is 4. The zero-order valence-corrected chi connectivity index (χ0v) is 11.2. The van der Waals surface area contributed by atoms with E-state index < -0.39 is 17.6 Å².